The van der Waals surface area contributed by atoms with Gasteiger partial charge in [0.1, 0.15) is 24.7 Å². The van der Waals surface area contributed by atoms with Crippen LogP contribution in [0.2, 0.25) is 0 Å². The smallest absolute Gasteiger partial charge is 0.278 e. The predicted octanol–water partition coefficient (Wildman–Crippen LogP) is 3.86. The van der Waals surface area contributed by atoms with Crippen molar-refractivity contribution >= 4 is 23.1 Å². The summed E-state index contributed by atoms with van der Waals surface area (Å²) >= 11 is 0. The van der Waals surface area contributed by atoms with Gasteiger partial charge in [-0.1, -0.05) is 42.5 Å². The molecule has 0 bridgehead atoms. The molecule has 0 spiro atoms. The van der Waals surface area contributed by atoms with Crippen LogP contribution in [0.4, 0.5) is 5.69 Å². The maximum absolute atomic E-state index is 13.4. The van der Waals surface area contributed by atoms with Gasteiger partial charge in [0.15, 0.2) is 11.5 Å². The minimum atomic E-state index is -0.385. The molecule has 1 N–H and O–H groups in total. The zero-order valence-corrected chi connectivity index (χ0v) is 18.0. The van der Waals surface area contributed by atoms with Crippen molar-refractivity contribution in [2.45, 2.75) is 6.54 Å². The highest BCUT2D eigenvalue weighted by molar-refractivity contribution is 6.36. The van der Waals surface area contributed by atoms with Gasteiger partial charge in [-0.3, -0.25) is 14.5 Å². The van der Waals surface area contributed by atoms with Crippen LogP contribution in [0.1, 0.15) is 11.1 Å². The van der Waals surface area contributed by atoms with E-state index in [0.717, 1.165) is 5.56 Å². The number of hydrogen-bond acceptors (Lipinski definition) is 6. The molecule has 0 radical (unpaired) electrons. The number of nitrogens with zero attached hydrogens (tertiary/aromatic N) is 1. The Morgan fingerprint density at radius 1 is 0.879 bits per heavy atom. The third-order valence-electron chi connectivity index (χ3n) is 5.54. The second-order valence-electron chi connectivity index (χ2n) is 7.64. The molecule has 0 aromatic heterocycles. The Labute approximate surface area is 191 Å². The third-order valence-corrected chi connectivity index (χ3v) is 5.54. The zero-order chi connectivity index (χ0) is 22.8. The van der Waals surface area contributed by atoms with E-state index in [4.69, 9.17) is 14.2 Å². The lowest BCUT2D eigenvalue weighted by Gasteiger charge is -2.19. The first-order chi connectivity index (χ1) is 16.1. The highest BCUT2D eigenvalue weighted by Gasteiger charge is 2.39. The van der Waals surface area contributed by atoms with Gasteiger partial charge >= 0.3 is 0 Å². The molecule has 5 rings (SSSR count). The van der Waals surface area contributed by atoms with Crippen molar-refractivity contribution in [3.8, 4) is 17.2 Å². The number of anilines is 1. The van der Waals surface area contributed by atoms with Crippen LogP contribution in [0.25, 0.3) is 5.57 Å². The lowest BCUT2D eigenvalue weighted by Crippen LogP contribution is -2.32. The molecule has 0 saturated carbocycles. The van der Waals surface area contributed by atoms with Gasteiger partial charge in [-0.15, -0.1) is 0 Å². The first kappa shape index (κ1) is 20.6. The van der Waals surface area contributed by atoms with Gasteiger partial charge in [-0.2, -0.15) is 0 Å². The maximum atomic E-state index is 13.4. The highest BCUT2D eigenvalue weighted by Crippen LogP contribution is 2.36. The molecule has 3 aromatic rings. The van der Waals surface area contributed by atoms with Gasteiger partial charge in [0.05, 0.1) is 19.2 Å². The van der Waals surface area contributed by atoms with Crippen molar-refractivity contribution in [2.75, 3.05) is 25.6 Å². The molecule has 0 fully saturated rings. The van der Waals surface area contributed by atoms with E-state index in [1.54, 1.807) is 37.4 Å². The molecule has 166 valence electrons. The molecule has 3 aromatic carbocycles. The van der Waals surface area contributed by atoms with Gasteiger partial charge in [0.2, 0.25) is 0 Å². The number of carbonyl (C=O) groups excluding carboxylic acids is 2. The van der Waals surface area contributed by atoms with Crippen molar-refractivity contribution in [2.24, 2.45) is 0 Å². The molecule has 0 saturated heterocycles. The van der Waals surface area contributed by atoms with Gasteiger partial charge in [0.25, 0.3) is 11.8 Å². The second-order valence-corrected chi connectivity index (χ2v) is 7.64. The summed E-state index contributed by atoms with van der Waals surface area (Å²) in [6.07, 6.45) is 0. The molecule has 2 aliphatic rings. The summed E-state index contributed by atoms with van der Waals surface area (Å²) in [4.78, 5) is 28.1. The first-order valence-electron chi connectivity index (χ1n) is 10.6. The maximum Gasteiger partial charge on any atom is 0.278 e. The van der Waals surface area contributed by atoms with Crippen molar-refractivity contribution in [3.05, 3.63) is 89.6 Å². The Morgan fingerprint density at radius 2 is 1.61 bits per heavy atom. The average molecular weight is 442 g/mol. The van der Waals surface area contributed by atoms with E-state index in [2.05, 4.69) is 5.32 Å². The quantitative estimate of drug-likeness (QED) is 0.585. The molecule has 33 heavy (non-hydrogen) atoms. The van der Waals surface area contributed by atoms with Crippen LogP contribution in [-0.2, 0) is 16.1 Å². The number of imide groups is 1. The molecule has 7 nitrogen and oxygen atoms in total. The largest absolute Gasteiger partial charge is 0.497 e. The Bertz CT molecular complexity index is 1240. The lowest BCUT2D eigenvalue weighted by molar-refractivity contribution is -0.137. The number of rotatable bonds is 6. The van der Waals surface area contributed by atoms with E-state index in [1.165, 1.54) is 4.90 Å². The standard InChI is InChI=1S/C26H22N2O5/c1-31-20-10-7-17(8-11-20)16-28-25(29)23(18-5-3-2-4-6-18)24(26(28)30)27-19-9-12-21-22(15-19)33-14-13-32-21/h2-12,15,27H,13-14,16H2,1H3. The van der Waals surface area contributed by atoms with E-state index in [1.807, 2.05) is 42.5 Å². The summed E-state index contributed by atoms with van der Waals surface area (Å²) in [5, 5.41) is 3.17. The molecule has 0 aliphatic carbocycles. The van der Waals surface area contributed by atoms with Gasteiger partial charge < -0.3 is 19.5 Å². The summed E-state index contributed by atoms with van der Waals surface area (Å²) in [7, 11) is 1.59. The van der Waals surface area contributed by atoms with Crippen LogP contribution in [0, 0.1) is 0 Å². The SMILES string of the molecule is COc1ccc(CN2C(=O)C(Nc3ccc4c(c3)OCCO4)=C(c3ccccc3)C2=O)cc1. The number of carbonyl (C=O) groups is 2. The molecular weight excluding hydrogens is 420 g/mol. The molecule has 0 unspecified atom stereocenters. The highest BCUT2D eigenvalue weighted by atomic mass is 16.6. The summed E-state index contributed by atoms with van der Waals surface area (Å²) in [6.45, 7) is 1.11. The Morgan fingerprint density at radius 3 is 2.33 bits per heavy atom. The topological polar surface area (TPSA) is 77.1 Å². The minimum Gasteiger partial charge on any atom is -0.497 e. The lowest BCUT2D eigenvalue weighted by atomic mass is 10.0. The van der Waals surface area contributed by atoms with Gasteiger partial charge in [-0.25, -0.2) is 0 Å². The van der Waals surface area contributed by atoms with Crippen LogP contribution in [0.3, 0.4) is 0 Å². The number of methoxy groups -OCH3 is 1. The van der Waals surface area contributed by atoms with E-state index in [9.17, 15) is 9.59 Å². The summed E-state index contributed by atoms with van der Waals surface area (Å²) < 4.78 is 16.4. The predicted molar refractivity (Wildman–Crippen MR) is 123 cm³/mol. The minimum absolute atomic E-state index is 0.157. The Balaban J connectivity index is 1.48. The number of nitrogens with one attached hydrogen (secondary N) is 1. The Hall–Kier alpha value is -4.26. The van der Waals surface area contributed by atoms with E-state index < -0.39 is 0 Å². The summed E-state index contributed by atoms with van der Waals surface area (Å²) in [5.74, 6) is 1.23. The second kappa shape index (κ2) is 8.70. The molecule has 2 amide bonds. The first-order valence-corrected chi connectivity index (χ1v) is 10.6. The molecule has 7 heteroatoms. The third kappa shape index (κ3) is 4.01. The number of amides is 2. The monoisotopic (exact) mass is 442 g/mol. The van der Waals surface area contributed by atoms with Gasteiger partial charge in [0, 0.05) is 11.8 Å². The van der Waals surface area contributed by atoms with Crippen LogP contribution >= 0.6 is 0 Å². The fourth-order valence-corrected chi connectivity index (χ4v) is 3.89. The summed E-state index contributed by atoms with van der Waals surface area (Å²) in [5.41, 5.74) is 2.70. The molecular formula is C26H22N2O5. The van der Waals surface area contributed by atoms with Crippen molar-refractivity contribution in [3.63, 3.8) is 0 Å². The van der Waals surface area contributed by atoms with Crippen molar-refractivity contribution in [1.29, 1.82) is 0 Å². The zero-order valence-electron chi connectivity index (χ0n) is 18.0. The van der Waals surface area contributed by atoms with Crippen LogP contribution in [0.15, 0.2) is 78.5 Å². The molecule has 2 heterocycles. The number of hydrogen-bond donors (Lipinski definition) is 1. The number of benzene rings is 3. The molecule has 0 atom stereocenters. The fourth-order valence-electron chi connectivity index (χ4n) is 3.89. The fraction of sp³-hybridized carbons (Fsp3) is 0.154. The van der Waals surface area contributed by atoms with Crippen LogP contribution < -0.4 is 19.5 Å². The van der Waals surface area contributed by atoms with Gasteiger partial charge in [-0.05, 0) is 35.4 Å². The van der Waals surface area contributed by atoms with E-state index in [-0.39, 0.29) is 24.1 Å². The normalized spacial score (nSPS) is 15.1. The molecule has 2 aliphatic heterocycles. The number of ether oxygens (including phenoxy) is 3. The van der Waals surface area contributed by atoms with Crippen LogP contribution in [0.5, 0.6) is 17.2 Å². The Kier molecular flexibility index (Phi) is 5.44. The number of fused-ring (bicyclic) bond motifs is 1. The average Bonchev–Trinajstić information content (AvgIpc) is 3.09. The van der Waals surface area contributed by atoms with E-state index in [0.29, 0.717) is 47.3 Å². The van der Waals surface area contributed by atoms with Crippen molar-refractivity contribution < 1.29 is 23.8 Å². The van der Waals surface area contributed by atoms with E-state index >= 15 is 0 Å². The van der Waals surface area contributed by atoms with Crippen LogP contribution in [-0.4, -0.2) is 37.0 Å². The summed E-state index contributed by atoms with van der Waals surface area (Å²) in [6, 6.07) is 21.8. The van der Waals surface area contributed by atoms with Crippen molar-refractivity contribution in [1.82, 2.24) is 4.90 Å².